The number of carbonyl (C=O) groups excluding carboxylic acids is 4. The number of alkyl halides is 3. The minimum absolute atomic E-state index is 0.0504. The molecule has 2 aromatic rings. The summed E-state index contributed by atoms with van der Waals surface area (Å²) in [4.78, 5) is 58.3. The second-order valence-corrected chi connectivity index (χ2v) is 18.4. The van der Waals surface area contributed by atoms with Gasteiger partial charge in [0, 0.05) is 30.3 Å². The number of anilines is 1. The lowest BCUT2D eigenvalue weighted by Gasteiger charge is -2.36. The van der Waals surface area contributed by atoms with Crippen molar-refractivity contribution < 1.29 is 54.6 Å². The number of hydrogen-bond donors (Lipinski definition) is 3. The first-order valence-corrected chi connectivity index (χ1v) is 19.6. The second kappa shape index (κ2) is 14.2. The minimum atomic E-state index is -4.96. The zero-order valence-corrected chi connectivity index (χ0v) is 31.9. The number of carbonyl (C=O) groups is 4. The van der Waals surface area contributed by atoms with Gasteiger partial charge in [0.2, 0.25) is 21.8 Å². The van der Waals surface area contributed by atoms with Crippen molar-refractivity contribution in [2.45, 2.75) is 115 Å². The first-order valence-electron chi connectivity index (χ1n) is 18.1. The number of rotatable bonds is 11. The molecule has 0 radical (unpaired) electrons. The van der Waals surface area contributed by atoms with Crippen LogP contribution < -0.4 is 20.1 Å². The lowest BCUT2D eigenvalue weighted by molar-refractivity contribution is -0.274. The van der Waals surface area contributed by atoms with Crippen molar-refractivity contribution in [2.75, 3.05) is 11.9 Å². The van der Waals surface area contributed by atoms with Crippen LogP contribution in [-0.4, -0.2) is 83.4 Å². The predicted molar refractivity (Wildman–Crippen MR) is 190 cm³/mol. The van der Waals surface area contributed by atoms with Gasteiger partial charge in [-0.1, -0.05) is 52.3 Å². The molecule has 3 fully saturated rings. The summed E-state index contributed by atoms with van der Waals surface area (Å²) in [5.41, 5.74) is -1.40. The van der Waals surface area contributed by atoms with Crippen LogP contribution >= 0.6 is 0 Å². The van der Waals surface area contributed by atoms with E-state index in [0.717, 1.165) is 12.1 Å². The molecule has 300 valence electrons. The van der Waals surface area contributed by atoms with Gasteiger partial charge < -0.3 is 25.0 Å². The van der Waals surface area contributed by atoms with E-state index in [1.54, 1.807) is 33.8 Å². The summed E-state index contributed by atoms with van der Waals surface area (Å²) in [5.74, 6) is -3.71. The third kappa shape index (κ3) is 8.33. The number of ether oxygens (including phenoxy) is 2. The molecule has 2 heterocycles. The highest BCUT2D eigenvalue weighted by atomic mass is 32.2. The average Bonchev–Trinajstić information content (AvgIpc) is 3.89. The lowest BCUT2D eigenvalue weighted by Crippen LogP contribution is -2.59. The van der Waals surface area contributed by atoms with E-state index in [1.165, 1.54) is 41.0 Å². The van der Waals surface area contributed by atoms with E-state index in [0.29, 0.717) is 30.4 Å². The third-order valence-electron chi connectivity index (χ3n) is 11.0. The number of benzene rings is 2. The van der Waals surface area contributed by atoms with Crippen LogP contribution in [0.2, 0.25) is 0 Å². The Morgan fingerprint density at radius 1 is 1.04 bits per heavy atom. The van der Waals surface area contributed by atoms with Gasteiger partial charge >= 0.3 is 12.5 Å². The van der Waals surface area contributed by atoms with Crippen molar-refractivity contribution in [3.8, 4) is 5.75 Å². The molecule has 2 saturated carbocycles. The number of hydrogen-bond acceptors (Lipinski definition) is 9. The second-order valence-electron chi connectivity index (χ2n) is 16.2. The zero-order chi connectivity index (χ0) is 40.3. The fourth-order valence-corrected chi connectivity index (χ4v) is 8.57. The number of sulfonamides is 1. The van der Waals surface area contributed by atoms with Gasteiger partial charge in [-0.2, -0.15) is 0 Å². The largest absolute Gasteiger partial charge is 0.573 e. The Labute approximate surface area is 316 Å². The fourth-order valence-electron chi connectivity index (χ4n) is 7.26. The van der Waals surface area contributed by atoms with Crippen molar-refractivity contribution in [1.82, 2.24) is 19.8 Å². The molecular formula is C37H45F4N5O8S. The molecule has 2 aliphatic carbocycles. The summed E-state index contributed by atoms with van der Waals surface area (Å²) in [6.45, 7) is 8.21. The van der Waals surface area contributed by atoms with E-state index in [1.807, 2.05) is 0 Å². The molecule has 2 aliphatic heterocycles. The van der Waals surface area contributed by atoms with Gasteiger partial charge in [-0.15, -0.1) is 13.2 Å². The first kappa shape index (κ1) is 40.1. The van der Waals surface area contributed by atoms with E-state index in [-0.39, 0.29) is 38.2 Å². The summed E-state index contributed by atoms with van der Waals surface area (Å²) < 4.78 is 90.3. The Bertz CT molecular complexity index is 1990. The Morgan fingerprint density at radius 3 is 2.33 bits per heavy atom. The maximum atomic E-state index is 14.6. The van der Waals surface area contributed by atoms with Crippen LogP contribution in [0.4, 0.5) is 28.0 Å². The van der Waals surface area contributed by atoms with Crippen molar-refractivity contribution in [3.63, 3.8) is 0 Å². The van der Waals surface area contributed by atoms with Gasteiger partial charge in [0.1, 0.15) is 35.3 Å². The van der Waals surface area contributed by atoms with Crippen LogP contribution in [-0.2, 0) is 42.2 Å². The molecule has 18 heteroatoms. The van der Waals surface area contributed by atoms with Gasteiger partial charge in [-0.05, 0) is 61.3 Å². The lowest BCUT2D eigenvalue weighted by atomic mass is 9.85. The van der Waals surface area contributed by atoms with E-state index in [2.05, 4.69) is 20.1 Å². The van der Waals surface area contributed by atoms with Gasteiger partial charge in [0.05, 0.1) is 17.8 Å². The molecule has 3 N–H and O–H groups in total. The highest BCUT2D eigenvalue weighted by Crippen LogP contribution is 2.48. The highest BCUT2D eigenvalue weighted by molar-refractivity contribution is 7.91. The third-order valence-corrected chi connectivity index (χ3v) is 13.1. The van der Waals surface area contributed by atoms with Gasteiger partial charge in [0.15, 0.2) is 0 Å². The van der Waals surface area contributed by atoms with Crippen LogP contribution in [0, 0.1) is 17.2 Å². The standard InChI is InChI=1S/C37H45F4N5O8S/c1-6-22-17-36(22,32(49)44-55(51,52)35(5)13-14-35)43-30(47)28-16-25(53-33(50)45-18-21-9-7-12-27(38)26(21)20-45)19-46(28)31(48)29(34(2,3)4)42-23-10-8-11-24(15-23)54-37(39,40)41/h7-12,15,22,25,28-29,42H,6,13-14,16-20H2,1-5H3,(H,43,47)(H,44,49)/t22-,25-,28+,29-,36-/m1/s1. The SMILES string of the molecule is CC[C@@H]1C[C@]1(NC(=O)[C@@H]1C[C@@H](OC(=O)N2Cc3cccc(F)c3C2)CN1C(=O)[C@@H](Nc1cccc(OC(F)(F)F)c1)C(C)(C)C)C(=O)NS(=O)(=O)C1(C)CC1. The van der Waals surface area contributed by atoms with E-state index >= 15 is 0 Å². The molecule has 0 spiro atoms. The maximum Gasteiger partial charge on any atom is 0.573 e. The summed E-state index contributed by atoms with van der Waals surface area (Å²) in [7, 11) is -4.04. The minimum Gasteiger partial charge on any atom is -0.444 e. The highest BCUT2D eigenvalue weighted by Gasteiger charge is 2.63. The molecule has 0 unspecified atom stereocenters. The predicted octanol–water partition coefficient (Wildman–Crippen LogP) is 4.96. The topological polar surface area (TPSA) is 163 Å². The molecule has 2 aromatic carbocycles. The van der Waals surface area contributed by atoms with Gasteiger partial charge in [-0.3, -0.25) is 24.0 Å². The molecule has 6 rings (SSSR count). The Hall–Kier alpha value is -4.61. The molecule has 13 nitrogen and oxygen atoms in total. The first-order chi connectivity index (χ1) is 25.6. The number of fused-ring (bicyclic) bond motifs is 1. The molecule has 0 aromatic heterocycles. The van der Waals surface area contributed by atoms with E-state index in [4.69, 9.17) is 4.74 Å². The number of likely N-dealkylation sites (tertiary alicyclic amines) is 1. The normalized spacial score (nSPS) is 24.7. The summed E-state index contributed by atoms with van der Waals surface area (Å²) >= 11 is 0. The molecular weight excluding hydrogens is 750 g/mol. The zero-order valence-electron chi connectivity index (χ0n) is 31.1. The molecule has 4 aliphatic rings. The van der Waals surface area contributed by atoms with Crippen LogP contribution in [0.3, 0.4) is 0 Å². The molecule has 1 saturated heterocycles. The Balaban J connectivity index is 1.25. The summed E-state index contributed by atoms with van der Waals surface area (Å²) in [5, 5.41) is 5.73. The Morgan fingerprint density at radius 2 is 1.73 bits per heavy atom. The van der Waals surface area contributed by atoms with Crippen molar-refractivity contribution >= 4 is 39.5 Å². The van der Waals surface area contributed by atoms with Crippen LogP contribution in [0.15, 0.2) is 42.5 Å². The number of nitrogens with one attached hydrogen (secondary N) is 3. The quantitative estimate of drug-likeness (QED) is 0.267. The van der Waals surface area contributed by atoms with E-state index in [9.17, 15) is 45.2 Å². The van der Waals surface area contributed by atoms with Crippen LogP contribution in [0.1, 0.15) is 77.8 Å². The Kier molecular flexibility index (Phi) is 10.3. The smallest absolute Gasteiger partial charge is 0.444 e. The van der Waals surface area contributed by atoms with Crippen molar-refractivity contribution in [3.05, 3.63) is 59.4 Å². The van der Waals surface area contributed by atoms with Crippen LogP contribution in [0.25, 0.3) is 0 Å². The van der Waals surface area contributed by atoms with E-state index < -0.39 is 91.6 Å². The number of amides is 4. The number of halogens is 4. The summed E-state index contributed by atoms with van der Waals surface area (Å²) in [6, 6.07) is 6.97. The molecule has 55 heavy (non-hydrogen) atoms. The maximum absolute atomic E-state index is 14.6. The van der Waals surface area contributed by atoms with Gasteiger partial charge in [0.25, 0.3) is 5.91 Å². The molecule has 4 amide bonds. The summed E-state index contributed by atoms with van der Waals surface area (Å²) in [6.07, 6.45) is -5.64. The molecule has 0 bridgehead atoms. The van der Waals surface area contributed by atoms with Gasteiger partial charge in [-0.25, -0.2) is 17.6 Å². The monoisotopic (exact) mass is 795 g/mol. The van der Waals surface area contributed by atoms with Crippen molar-refractivity contribution in [2.24, 2.45) is 11.3 Å². The average molecular weight is 796 g/mol. The van der Waals surface area contributed by atoms with Crippen molar-refractivity contribution in [1.29, 1.82) is 0 Å². The fraction of sp³-hybridized carbons (Fsp3) is 0.568. The number of nitrogens with zero attached hydrogens (tertiary/aromatic N) is 2. The van der Waals surface area contributed by atoms with Crippen LogP contribution in [0.5, 0.6) is 5.75 Å². The molecule has 5 atom stereocenters.